The van der Waals surface area contributed by atoms with Crippen LogP contribution < -0.4 is 5.32 Å². The molecule has 1 aromatic carbocycles. The number of hydrogen-bond acceptors (Lipinski definition) is 3. The molecule has 0 aromatic heterocycles. The highest BCUT2D eigenvalue weighted by Gasteiger charge is 2.53. The molecule has 1 aliphatic heterocycles. The molecule has 0 atom stereocenters. The Balaban J connectivity index is 1.43. The summed E-state index contributed by atoms with van der Waals surface area (Å²) in [6.45, 7) is 7.21. The summed E-state index contributed by atoms with van der Waals surface area (Å²) in [5.41, 5.74) is -0.571. The molecule has 1 heterocycles. The second kappa shape index (κ2) is 8.04. The number of alkyl halides is 3. The Morgan fingerprint density at radius 3 is 2.12 bits per heavy atom. The van der Waals surface area contributed by atoms with Crippen molar-refractivity contribution >= 4 is 11.9 Å². The first-order chi connectivity index (χ1) is 14.9. The van der Waals surface area contributed by atoms with Gasteiger partial charge in [-0.15, -0.1) is 0 Å². The third-order valence-electron chi connectivity index (χ3n) is 7.36. The van der Waals surface area contributed by atoms with Gasteiger partial charge >= 0.3 is 12.2 Å². The Morgan fingerprint density at radius 2 is 1.62 bits per heavy atom. The minimum atomic E-state index is -4.37. The Hall–Kier alpha value is -2.09. The molecule has 3 aliphatic rings. The van der Waals surface area contributed by atoms with Crippen LogP contribution in [0.5, 0.6) is 0 Å². The number of urea groups is 1. The van der Waals surface area contributed by atoms with Gasteiger partial charge in [-0.1, -0.05) is 32.9 Å². The number of nitrogens with zero attached hydrogens (tertiary/aromatic N) is 2. The van der Waals surface area contributed by atoms with E-state index in [0.717, 1.165) is 43.4 Å². The molecule has 32 heavy (non-hydrogen) atoms. The minimum Gasteiger partial charge on any atom is -0.323 e. The van der Waals surface area contributed by atoms with E-state index in [2.05, 4.69) is 26.1 Å². The maximum atomic E-state index is 13.3. The smallest absolute Gasteiger partial charge is 0.323 e. The summed E-state index contributed by atoms with van der Waals surface area (Å²) >= 11 is 0. The second-order valence-corrected chi connectivity index (χ2v) is 10.7. The van der Waals surface area contributed by atoms with Crippen LogP contribution in [0.1, 0.15) is 70.4 Å². The lowest BCUT2D eigenvalue weighted by Crippen LogP contribution is -2.51. The predicted octanol–water partition coefficient (Wildman–Crippen LogP) is 5.15. The summed E-state index contributed by atoms with van der Waals surface area (Å²) < 4.78 is 38.5. The fourth-order valence-electron chi connectivity index (χ4n) is 5.07. The Morgan fingerprint density at radius 1 is 1.03 bits per heavy atom. The monoisotopic (exact) mass is 451 g/mol. The highest BCUT2D eigenvalue weighted by Crippen LogP contribution is 2.43. The van der Waals surface area contributed by atoms with Crippen molar-refractivity contribution in [2.24, 2.45) is 11.3 Å². The zero-order valence-corrected chi connectivity index (χ0v) is 19.0. The highest BCUT2D eigenvalue weighted by molar-refractivity contribution is 6.07. The topological polar surface area (TPSA) is 52.7 Å². The number of imide groups is 1. The molecular weight excluding hydrogens is 419 g/mol. The van der Waals surface area contributed by atoms with Crippen molar-refractivity contribution in [3.63, 3.8) is 0 Å². The second-order valence-electron chi connectivity index (χ2n) is 10.7. The van der Waals surface area contributed by atoms with Crippen molar-refractivity contribution in [2.45, 2.75) is 83.6 Å². The summed E-state index contributed by atoms with van der Waals surface area (Å²) in [6, 6.07) is 4.99. The summed E-state index contributed by atoms with van der Waals surface area (Å²) in [5, 5.41) is 2.98. The van der Waals surface area contributed by atoms with Crippen LogP contribution in [0.25, 0.3) is 0 Å². The number of amides is 3. The predicted molar refractivity (Wildman–Crippen MR) is 114 cm³/mol. The molecule has 8 heteroatoms. The van der Waals surface area contributed by atoms with E-state index in [9.17, 15) is 22.8 Å². The van der Waals surface area contributed by atoms with E-state index >= 15 is 0 Å². The van der Waals surface area contributed by atoms with Crippen LogP contribution in [0.2, 0.25) is 0 Å². The van der Waals surface area contributed by atoms with Crippen molar-refractivity contribution in [1.82, 2.24) is 15.1 Å². The Labute approximate surface area is 187 Å². The van der Waals surface area contributed by atoms with Gasteiger partial charge in [-0.3, -0.25) is 9.69 Å². The molecule has 0 radical (unpaired) electrons. The molecule has 3 amide bonds. The van der Waals surface area contributed by atoms with E-state index in [1.165, 1.54) is 17.0 Å². The molecule has 0 unspecified atom stereocenters. The van der Waals surface area contributed by atoms with Gasteiger partial charge in [-0.2, -0.15) is 13.2 Å². The SMILES string of the molecule is CC(C)(C)C1CCC2(CC1)NC(=O)N(CN(Cc1ccc(C(F)(F)F)cc1)C1CC1)C2=O. The third-order valence-corrected chi connectivity index (χ3v) is 7.36. The average molecular weight is 452 g/mol. The summed E-state index contributed by atoms with van der Waals surface area (Å²) in [7, 11) is 0. The quantitative estimate of drug-likeness (QED) is 0.630. The molecule has 3 fully saturated rings. The first-order valence-corrected chi connectivity index (χ1v) is 11.4. The van der Waals surface area contributed by atoms with Crippen LogP contribution in [0.15, 0.2) is 24.3 Å². The molecule has 5 nitrogen and oxygen atoms in total. The van der Waals surface area contributed by atoms with Gasteiger partial charge in [0.2, 0.25) is 0 Å². The Kier molecular flexibility index (Phi) is 5.80. The average Bonchev–Trinajstić information content (AvgIpc) is 3.52. The van der Waals surface area contributed by atoms with Gasteiger partial charge in [0.1, 0.15) is 5.54 Å². The summed E-state index contributed by atoms with van der Waals surface area (Å²) in [5.74, 6) is 0.363. The van der Waals surface area contributed by atoms with Crippen molar-refractivity contribution in [3.8, 4) is 0 Å². The third kappa shape index (κ3) is 4.65. The number of halogens is 3. The summed E-state index contributed by atoms with van der Waals surface area (Å²) in [6.07, 6.45) is 0.666. The molecule has 176 valence electrons. The van der Waals surface area contributed by atoms with Crippen LogP contribution in [0, 0.1) is 11.3 Å². The fourth-order valence-corrected chi connectivity index (χ4v) is 5.07. The molecule has 4 rings (SSSR count). The maximum absolute atomic E-state index is 13.3. The van der Waals surface area contributed by atoms with Crippen molar-refractivity contribution < 1.29 is 22.8 Å². The van der Waals surface area contributed by atoms with E-state index in [4.69, 9.17) is 0 Å². The molecular formula is C24H32F3N3O2. The zero-order chi connectivity index (χ0) is 23.3. The van der Waals surface area contributed by atoms with Crippen LogP contribution in [-0.2, 0) is 17.5 Å². The molecule has 1 saturated heterocycles. The Bertz CT molecular complexity index is 864. The fraction of sp³-hybridized carbons (Fsp3) is 0.667. The van der Waals surface area contributed by atoms with Gasteiger partial charge in [0.15, 0.2) is 0 Å². The number of carbonyl (C=O) groups excluding carboxylic acids is 2. The number of rotatable bonds is 5. The molecule has 1 aromatic rings. The zero-order valence-electron chi connectivity index (χ0n) is 19.0. The lowest BCUT2D eigenvalue weighted by molar-refractivity contribution is -0.137. The van der Waals surface area contributed by atoms with Gasteiger partial charge < -0.3 is 5.32 Å². The molecule has 2 saturated carbocycles. The minimum absolute atomic E-state index is 0.159. The summed E-state index contributed by atoms with van der Waals surface area (Å²) in [4.78, 5) is 29.4. The highest BCUT2D eigenvalue weighted by atomic mass is 19.4. The van der Waals surface area contributed by atoms with E-state index in [-0.39, 0.29) is 30.1 Å². The largest absolute Gasteiger partial charge is 0.416 e. The number of hydrogen-bond donors (Lipinski definition) is 1. The van der Waals surface area contributed by atoms with Crippen LogP contribution in [0.4, 0.5) is 18.0 Å². The van der Waals surface area contributed by atoms with Crippen LogP contribution >= 0.6 is 0 Å². The van der Waals surface area contributed by atoms with Crippen LogP contribution in [0.3, 0.4) is 0 Å². The van der Waals surface area contributed by atoms with Gasteiger partial charge in [-0.25, -0.2) is 9.69 Å². The van der Waals surface area contributed by atoms with Gasteiger partial charge in [0, 0.05) is 12.6 Å². The molecule has 2 aliphatic carbocycles. The number of benzene rings is 1. The van der Waals surface area contributed by atoms with Crippen molar-refractivity contribution in [3.05, 3.63) is 35.4 Å². The first kappa shape index (κ1) is 23.1. The first-order valence-electron chi connectivity index (χ1n) is 11.4. The standard InChI is InChI=1S/C24H32F3N3O2/c1-22(2,3)17-10-12-23(13-11-17)20(31)30(21(32)28-23)15-29(19-8-9-19)14-16-4-6-18(7-5-16)24(25,26)27/h4-7,17,19H,8-15H2,1-3H3,(H,28,32). The van der Waals surface area contributed by atoms with Gasteiger partial charge in [-0.05, 0) is 67.6 Å². The lowest BCUT2D eigenvalue weighted by Gasteiger charge is -2.40. The van der Waals surface area contributed by atoms with E-state index in [0.29, 0.717) is 25.3 Å². The molecule has 1 N–H and O–H groups in total. The van der Waals surface area contributed by atoms with Crippen molar-refractivity contribution in [2.75, 3.05) is 6.67 Å². The normalized spacial score (nSPS) is 26.8. The number of nitrogens with one attached hydrogen (secondary N) is 1. The van der Waals surface area contributed by atoms with Gasteiger partial charge in [0.25, 0.3) is 5.91 Å². The lowest BCUT2D eigenvalue weighted by atomic mass is 9.67. The van der Waals surface area contributed by atoms with E-state index < -0.39 is 17.3 Å². The van der Waals surface area contributed by atoms with E-state index in [1.54, 1.807) is 0 Å². The molecule has 0 bridgehead atoms. The van der Waals surface area contributed by atoms with E-state index in [1.807, 2.05) is 4.90 Å². The van der Waals surface area contributed by atoms with Crippen molar-refractivity contribution in [1.29, 1.82) is 0 Å². The van der Waals surface area contributed by atoms with Gasteiger partial charge in [0.05, 0.1) is 12.2 Å². The maximum Gasteiger partial charge on any atom is 0.416 e. The van der Waals surface area contributed by atoms with Crippen LogP contribution in [-0.4, -0.2) is 40.0 Å². The number of carbonyl (C=O) groups is 2. The molecule has 1 spiro atoms.